The summed E-state index contributed by atoms with van der Waals surface area (Å²) < 4.78 is 0. The third-order valence-electron chi connectivity index (χ3n) is 4.08. The molecule has 0 rings (SSSR count). The molecule has 6 heteroatoms. The van der Waals surface area contributed by atoms with Crippen molar-refractivity contribution >= 4 is 23.5 Å². The SMILES string of the molecule is CCCC(CCC)(C(=O)N(C)C(C)CCSC)C(N)=NO. The molecule has 0 bridgehead atoms. The molecule has 21 heavy (non-hydrogen) atoms. The lowest BCUT2D eigenvalue weighted by Gasteiger charge is -2.37. The highest BCUT2D eigenvalue weighted by Crippen LogP contribution is 2.33. The van der Waals surface area contributed by atoms with Gasteiger partial charge in [-0.3, -0.25) is 4.79 Å². The van der Waals surface area contributed by atoms with Gasteiger partial charge in [0.1, 0.15) is 5.41 Å². The van der Waals surface area contributed by atoms with E-state index >= 15 is 0 Å². The molecule has 3 N–H and O–H groups in total. The van der Waals surface area contributed by atoms with E-state index in [-0.39, 0.29) is 17.8 Å². The molecule has 5 nitrogen and oxygen atoms in total. The van der Waals surface area contributed by atoms with Gasteiger partial charge in [-0.2, -0.15) is 11.8 Å². The summed E-state index contributed by atoms with van der Waals surface area (Å²) >= 11 is 1.77. The van der Waals surface area contributed by atoms with Crippen molar-refractivity contribution in [2.75, 3.05) is 19.1 Å². The first kappa shape index (κ1) is 20.1. The van der Waals surface area contributed by atoms with E-state index in [9.17, 15) is 4.79 Å². The van der Waals surface area contributed by atoms with Crippen molar-refractivity contribution in [1.29, 1.82) is 0 Å². The minimum atomic E-state index is -0.874. The zero-order valence-electron chi connectivity index (χ0n) is 14.1. The van der Waals surface area contributed by atoms with E-state index in [1.165, 1.54) is 0 Å². The maximum Gasteiger partial charge on any atom is 0.236 e. The first-order valence-corrected chi connectivity index (χ1v) is 9.04. The molecule has 0 aliphatic heterocycles. The maximum atomic E-state index is 13.0. The van der Waals surface area contributed by atoms with E-state index < -0.39 is 5.41 Å². The highest BCUT2D eigenvalue weighted by Gasteiger charge is 2.43. The molecule has 0 aliphatic carbocycles. The van der Waals surface area contributed by atoms with Crippen LogP contribution in [0.1, 0.15) is 52.9 Å². The van der Waals surface area contributed by atoms with Crippen LogP contribution in [0.5, 0.6) is 0 Å². The second kappa shape index (κ2) is 9.92. The number of nitrogens with two attached hydrogens (primary N) is 1. The van der Waals surface area contributed by atoms with Crippen LogP contribution in [0, 0.1) is 5.41 Å². The fraction of sp³-hybridized carbons (Fsp3) is 0.867. The molecular weight excluding hydrogens is 286 g/mol. The Morgan fingerprint density at radius 2 is 1.90 bits per heavy atom. The monoisotopic (exact) mass is 317 g/mol. The first-order chi connectivity index (χ1) is 9.91. The van der Waals surface area contributed by atoms with Crippen LogP contribution in [0.4, 0.5) is 0 Å². The lowest BCUT2D eigenvalue weighted by molar-refractivity contribution is -0.139. The molecule has 0 aliphatic rings. The number of hydrogen-bond donors (Lipinski definition) is 2. The largest absolute Gasteiger partial charge is 0.409 e. The third-order valence-corrected chi connectivity index (χ3v) is 4.73. The van der Waals surface area contributed by atoms with Gasteiger partial charge in [-0.25, -0.2) is 0 Å². The Hall–Kier alpha value is -0.910. The fourth-order valence-electron chi connectivity index (χ4n) is 2.67. The zero-order chi connectivity index (χ0) is 16.5. The Balaban J connectivity index is 5.35. The molecular formula is C15H31N3O2S. The molecule has 0 aromatic heterocycles. The van der Waals surface area contributed by atoms with Crippen molar-refractivity contribution in [2.45, 2.75) is 58.9 Å². The van der Waals surface area contributed by atoms with Crippen LogP contribution in [0.3, 0.4) is 0 Å². The maximum absolute atomic E-state index is 13.0. The summed E-state index contributed by atoms with van der Waals surface area (Å²) in [5.74, 6) is 1.02. The summed E-state index contributed by atoms with van der Waals surface area (Å²) in [5.41, 5.74) is 5.04. The van der Waals surface area contributed by atoms with Crippen molar-refractivity contribution in [3.05, 3.63) is 0 Å². The minimum absolute atomic E-state index is 0.0323. The number of thioether (sulfide) groups is 1. The van der Waals surface area contributed by atoms with Crippen LogP contribution in [-0.2, 0) is 4.79 Å². The van der Waals surface area contributed by atoms with Gasteiger partial charge in [-0.1, -0.05) is 31.8 Å². The molecule has 0 saturated carbocycles. The van der Waals surface area contributed by atoms with Crippen molar-refractivity contribution in [2.24, 2.45) is 16.3 Å². The summed E-state index contributed by atoms with van der Waals surface area (Å²) in [7, 11) is 1.82. The fourth-order valence-corrected chi connectivity index (χ4v) is 3.25. The van der Waals surface area contributed by atoms with E-state index in [4.69, 9.17) is 10.9 Å². The number of oxime groups is 1. The van der Waals surface area contributed by atoms with Crippen molar-refractivity contribution in [3.8, 4) is 0 Å². The van der Waals surface area contributed by atoms with Gasteiger partial charge in [-0.15, -0.1) is 0 Å². The summed E-state index contributed by atoms with van der Waals surface area (Å²) in [5, 5.41) is 12.3. The Morgan fingerprint density at radius 1 is 1.38 bits per heavy atom. The molecule has 1 amide bonds. The predicted octanol–water partition coefficient (Wildman–Crippen LogP) is 2.92. The Kier molecular flexibility index (Phi) is 9.49. The van der Waals surface area contributed by atoms with E-state index in [2.05, 4.69) is 11.4 Å². The number of hydrogen-bond acceptors (Lipinski definition) is 4. The Morgan fingerprint density at radius 3 is 2.29 bits per heavy atom. The van der Waals surface area contributed by atoms with E-state index in [0.717, 1.165) is 25.0 Å². The summed E-state index contributed by atoms with van der Waals surface area (Å²) in [6.45, 7) is 6.07. The van der Waals surface area contributed by atoms with Crippen LogP contribution in [0.2, 0.25) is 0 Å². The molecule has 0 saturated heterocycles. The molecule has 0 spiro atoms. The average molecular weight is 317 g/mol. The quantitative estimate of drug-likeness (QED) is 0.281. The molecule has 124 valence electrons. The minimum Gasteiger partial charge on any atom is -0.409 e. The van der Waals surface area contributed by atoms with Gasteiger partial charge in [0.15, 0.2) is 5.84 Å². The third kappa shape index (κ3) is 5.09. The first-order valence-electron chi connectivity index (χ1n) is 7.65. The predicted molar refractivity (Wildman–Crippen MR) is 90.9 cm³/mol. The lowest BCUT2D eigenvalue weighted by atomic mass is 9.76. The number of rotatable bonds is 10. The Bertz CT molecular complexity index is 342. The van der Waals surface area contributed by atoms with Gasteiger partial charge in [-0.05, 0) is 38.2 Å². The number of carbonyl (C=O) groups excluding carboxylic acids is 1. The van der Waals surface area contributed by atoms with Crippen LogP contribution in [-0.4, -0.2) is 46.9 Å². The standard InChI is InChI=1S/C15H31N3O2S/c1-6-9-15(10-7-2,13(16)17-20)14(19)18(4)12(3)8-11-21-5/h12,20H,6-11H2,1-5H3,(H2,16,17). The van der Waals surface area contributed by atoms with E-state index in [1.54, 1.807) is 16.7 Å². The van der Waals surface area contributed by atoms with Gasteiger partial charge in [0.2, 0.25) is 5.91 Å². The second-order valence-corrected chi connectivity index (χ2v) is 6.60. The smallest absolute Gasteiger partial charge is 0.236 e. The van der Waals surface area contributed by atoms with Crippen LogP contribution in [0.25, 0.3) is 0 Å². The Labute approximate surface area is 133 Å². The highest BCUT2D eigenvalue weighted by molar-refractivity contribution is 7.98. The van der Waals surface area contributed by atoms with Gasteiger partial charge >= 0.3 is 0 Å². The van der Waals surface area contributed by atoms with Gasteiger partial charge in [0.05, 0.1) is 0 Å². The van der Waals surface area contributed by atoms with E-state index in [1.807, 2.05) is 27.8 Å². The van der Waals surface area contributed by atoms with Crippen LogP contribution >= 0.6 is 11.8 Å². The zero-order valence-corrected chi connectivity index (χ0v) is 14.9. The highest BCUT2D eigenvalue weighted by atomic mass is 32.2. The average Bonchev–Trinajstić information content (AvgIpc) is 2.49. The molecule has 0 fully saturated rings. The van der Waals surface area contributed by atoms with Crippen molar-refractivity contribution in [3.63, 3.8) is 0 Å². The number of nitrogens with zero attached hydrogens (tertiary/aromatic N) is 2. The molecule has 1 unspecified atom stereocenters. The molecule has 0 radical (unpaired) electrons. The topological polar surface area (TPSA) is 78.9 Å². The summed E-state index contributed by atoms with van der Waals surface area (Å²) in [4.78, 5) is 14.8. The molecule has 0 heterocycles. The molecule has 1 atom stereocenters. The van der Waals surface area contributed by atoms with Crippen LogP contribution < -0.4 is 5.73 Å². The summed E-state index contributed by atoms with van der Waals surface area (Å²) in [6.07, 6.45) is 5.84. The molecule has 0 aromatic rings. The van der Waals surface area contributed by atoms with Gasteiger partial charge in [0, 0.05) is 13.1 Å². The van der Waals surface area contributed by atoms with Crippen LogP contribution in [0.15, 0.2) is 5.16 Å². The van der Waals surface area contributed by atoms with Crippen molar-refractivity contribution in [1.82, 2.24) is 4.90 Å². The lowest BCUT2D eigenvalue weighted by Crippen LogP contribution is -2.52. The second-order valence-electron chi connectivity index (χ2n) is 5.61. The van der Waals surface area contributed by atoms with Gasteiger partial charge in [0.25, 0.3) is 0 Å². The summed E-state index contributed by atoms with van der Waals surface area (Å²) in [6, 6.07) is 0.143. The van der Waals surface area contributed by atoms with E-state index in [0.29, 0.717) is 12.8 Å². The van der Waals surface area contributed by atoms with Gasteiger partial charge < -0.3 is 15.8 Å². The van der Waals surface area contributed by atoms with Crippen molar-refractivity contribution < 1.29 is 10.0 Å². The number of amidine groups is 1. The molecule has 0 aromatic carbocycles. The number of carbonyl (C=O) groups is 1. The normalized spacial score (nSPS) is 14.0. The number of amides is 1.